The molecular weight excluding hydrogens is 304 g/mol. The SMILES string of the molecule is Cc1cc(Nc2c(C#N)cnc3ccc4c(c23)CCS4)ccn1. The molecule has 0 spiro atoms. The number of fused-ring (bicyclic) bond motifs is 3. The van der Waals surface area contributed by atoms with Crippen LogP contribution in [-0.4, -0.2) is 15.7 Å². The van der Waals surface area contributed by atoms with Gasteiger partial charge in [-0.2, -0.15) is 5.26 Å². The van der Waals surface area contributed by atoms with Gasteiger partial charge in [-0.3, -0.25) is 9.97 Å². The van der Waals surface area contributed by atoms with Gasteiger partial charge in [0.1, 0.15) is 6.07 Å². The zero-order chi connectivity index (χ0) is 15.8. The van der Waals surface area contributed by atoms with Crippen molar-refractivity contribution in [3.8, 4) is 6.07 Å². The van der Waals surface area contributed by atoms with Crippen molar-refractivity contribution in [3.05, 3.63) is 53.5 Å². The molecule has 0 saturated heterocycles. The summed E-state index contributed by atoms with van der Waals surface area (Å²) in [7, 11) is 0. The quantitative estimate of drug-likeness (QED) is 0.767. The van der Waals surface area contributed by atoms with Gasteiger partial charge < -0.3 is 5.32 Å². The van der Waals surface area contributed by atoms with Gasteiger partial charge in [-0.1, -0.05) is 0 Å². The maximum atomic E-state index is 9.51. The molecular formula is C18H14N4S. The molecule has 112 valence electrons. The highest BCUT2D eigenvalue weighted by atomic mass is 32.2. The number of nitriles is 1. The smallest absolute Gasteiger partial charge is 0.103 e. The van der Waals surface area contributed by atoms with Crippen LogP contribution >= 0.6 is 11.8 Å². The molecule has 0 unspecified atom stereocenters. The average molecular weight is 318 g/mol. The number of nitrogens with zero attached hydrogens (tertiary/aromatic N) is 3. The number of pyridine rings is 2. The Morgan fingerprint density at radius 1 is 1.26 bits per heavy atom. The van der Waals surface area contributed by atoms with Gasteiger partial charge in [-0.25, -0.2) is 0 Å². The average Bonchev–Trinajstić information content (AvgIpc) is 3.03. The summed E-state index contributed by atoms with van der Waals surface area (Å²) in [5, 5.41) is 14.0. The summed E-state index contributed by atoms with van der Waals surface area (Å²) in [6, 6.07) is 10.3. The van der Waals surface area contributed by atoms with E-state index in [-0.39, 0.29) is 0 Å². The van der Waals surface area contributed by atoms with Crippen LogP contribution in [0.4, 0.5) is 11.4 Å². The van der Waals surface area contributed by atoms with Crippen LogP contribution in [0, 0.1) is 18.3 Å². The number of thioether (sulfide) groups is 1. The van der Waals surface area contributed by atoms with Crippen LogP contribution in [0.15, 0.2) is 41.6 Å². The molecule has 23 heavy (non-hydrogen) atoms. The summed E-state index contributed by atoms with van der Waals surface area (Å²) in [6.45, 7) is 1.95. The third-order valence-electron chi connectivity index (χ3n) is 4.00. The molecule has 2 aromatic heterocycles. The summed E-state index contributed by atoms with van der Waals surface area (Å²) in [5.41, 5.74) is 5.51. The number of anilines is 2. The second-order valence-electron chi connectivity index (χ2n) is 5.50. The van der Waals surface area contributed by atoms with Gasteiger partial charge in [0, 0.05) is 39.8 Å². The number of aromatic nitrogens is 2. The van der Waals surface area contributed by atoms with Crippen molar-refractivity contribution in [2.45, 2.75) is 18.2 Å². The number of nitrogens with one attached hydrogen (secondary N) is 1. The van der Waals surface area contributed by atoms with Crippen LogP contribution in [0.3, 0.4) is 0 Å². The number of hydrogen-bond acceptors (Lipinski definition) is 5. The molecule has 3 heterocycles. The van der Waals surface area contributed by atoms with E-state index in [0.29, 0.717) is 5.56 Å². The fourth-order valence-corrected chi connectivity index (χ4v) is 4.03. The molecule has 1 aromatic carbocycles. The number of aryl methyl sites for hydroxylation is 2. The summed E-state index contributed by atoms with van der Waals surface area (Å²) < 4.78 is 0. The van der Waals surface area contributed by atoms with Crippen molar-refractivity contribution in [1.29, 1.82) is 5.26 Å². The largest absolute Gasteiger partial charge is 0.354 e. The van der Waals surface area contributed by atoms with Gasteiger partial charge in [0.05, 0.1) is 16.8 Å². The van der Waals surface area contributed by atoms with E-state index in [4.69, 9.17) is 0 Å². The fourth-order valence-electron chi connectivity index (χ4n) is 2.96. The van der Waals surface area contributed by atoms with E-state index in [2.05, 4.69) is 27.4 Å². The first-order valence-corrected chi connectivity index (χ1v) is 8.42. The maximum Gasteiger partial charge on any atom is 0.103 e. The standard InChI is InChI=1S/C18H14N4S/c1-11-8-13(4-6-20-11)22-18-12(9-19)10-21-15-2-3-16-14(17(15)18)5-7-23-16/h2-4,6,8,10H,5,7H2,1H3,(H,20,21,22). The molecule has 0 aliphatic carbocycles. The summed E-state index contributed by atoms with van der Waals surface area (Å²) in [5.74, 6) is 1.08. The first-order chi connectivity index (χ1) is 11.3. The monoisotopic (exact) mass is 318 g/mol. The molecule has 1 N–H and O–H groups in total. The summed E-state index contributed by atoms with van der Waals surface area (Å²) in [4.78, 5) is 9.98. The lowest BCUT2D eigenvalue weighted by atomic mass is 10.0. The minimum absolute atomic E-state index is 0.567. The topological polar surface area (TPSA) is 61.6 Å². The van der Waals surface area contributed by atoms with Crippen LogP contribution in [0.2, 0.25) is 0 Å². The molecule has 0 amide bonds. The van der Waals surface area contributed by atoms with E-state index < -0.39 is 0 Å². The summed E-state index contributed by atoms with van der Waals surface area (Å²) >= 11 is 1.87. The lowest BCUT2D eigenvalue weighted by molar-refractivity contribution is 1.16. The normalized spacial score (nSPS) is 12.9. The van der Waals surface area contributed by atoms with E-state index in [0.717, 1.165) is 40.1 Å². The Labute approximate surface area is 138 Å². The highest BCUT2D eigenvalue weighted by Crippen LogP contribution is 2.40. The molecule has 0 fully saturated rings. The molecule has 4 nitrogen and oxygen atoms in total. The zero-order valence-corrected chi connectivity index (χ0v) is 13.4. The molecule has 0 saturated carbocycles. The number of rotatable bonds is 2. The van der Waals surface area contributed by atoms with E-state index in [9.17, 15) is 5.26 Å². The molecule has 0 radical (unpaired) electrons. The van der Waals surface area contributed by atoms with Crippen molar-refractivity contribution in [1.82, 2.24) is 9.97 Å². The first kappa shape index (κ1) is 14.0. The van der Waals surface area contributed by atoms with Crippen LogP contribution in [-0.2, 0) is 6.42 Å². The zero-order valence-electron chi connectivity index (χ0n) is 12.6. The second kappa shape index (κ2) is 5.56. The first-order valence-electron chi connectivity index (χ1n) is 7.43. The van der Waals surface area contributed by atoms with Gasteiger partial charge in [-0.15, -0.1) is 11.8 Å². The summed E-state index contributed by atoms with van der Waals surface area (Å²) in [6.07, 6.45) is 4.43. The Balaban J connectivity index is 1.96. The number of hydrogen-bond donors (Lipinski definition) is 1. The maximum absolute atomic E-state index is 9.51. The molecule has 3 aromatic rings. The fraction of sp³-hybridized carbons (Fsp3) is 0.167. The number of benzene rings is 1. The predicted molar refractivity (Wildman–Crippen MR) is 93.1 cm³/mol. The van der Waals surface area contributed by atoms with Crippen LogP contribution in [0.5, 0.6) is 0 Å². The third kappa shape index (κ3) is 2.41. The van der Waals surface area contributed by atoms with Gasteiger partial charge in [0.25, 0.3) is 0 Å². The van der Waals surface area contributed by atoms with Gasteiger partial charge in [0.2, 0.25) is 0 Å². The highest BCUT2D eigenvalue weighted by molar-refractivity contribution is 7.99. The van der Waals surface area contributed by atoms with Crippen molar-refractivity contribution in [2.24, 2.45) is 0 Å². The van der Waals surface area contributed by atoms with E-state index in [1.165, 1.54) is 10.5 Å². The van der Waals surface area contributed by atoms with E-state index >= 15 is 0 Å². The Morgan fingerprint density at radius 3 is 3.00 bits per heavy atom. The van der Waals surface area contributed by atoms with Crippen LogP contribution in [0.1, 0.15) is 16.8 Å². The molecule has 0 bridgehead atoms. The Hall–Kier alpha value is -2.58. The lowest BCUT2D eigenvalue weighted by Crippen LogP contribution is -2.00. The van der Waals surface area contributed by atoms with E-state index in [1.54, 1.807) is 12.4 Å². The predicted octanol–water partition coefficient (Wildman–Crippen LogP) is 4.20. The molecule has 1 aliphatic heterocycles. The Kier molecular flexibility index (Phi) is 3.40. The minimum Gasteiger partial charge on any atom is -0.354 e. The third-order valence-corrected chi connectivity index (χ3v) is 5.10. The van der Waals surface area contributed by atoms with Crippen molar-refractivity contribution in [3.63, 3.8) is 0 Å². The van der Waals surface area contributed by atoms with Crippen molar-refractivity contribution >= 4 is 34.0 Å². The lowest BCUT2D eigenvalue weighted by Gasteiger charge is -2.14. The second-order valence-corrected chi connectivity index (χ2v) is 6.64. The molecule has 1 aliphatic rings. The van der Waals surface area contributed by atoms with Gasteiger partial charge in [0.15, 0.2) is 0 Å². The van der Waals surface area contributed by atoms with E-state index in [1.807, 2.05) is 36.9 Å². The van der Waals surface area contributed by atoms with Gasteiger partial charge in [-0.05, 0) is 43.2 Å². The van der Waals surface area contributed by atoms with Crippen LogP contribution in [0.25, 0.3) is 10.9 Å². The van der Waals surface area contributed by atoms with Crippen molar-refractivity contribution < 1.29 is 0 Å². The molecule has 5 heteroatoms. The molecule has 0 atom stereocenters. The highest BCUT2D eigenvalue weighted by Gasteiger charge is 2.19. The minimum atomic E-state index is 0.567. The Morgan fingerprint density at radius 2 is 2.17 bits per heavy atom. The molecule has 4 rings (SSSR count). The Bertz CT molecular complexity index is 959. The van der Waals surface area contributed by atoms with Crippen LogP contribution < -0.4 is 5.32 Å². The van der Waals surface area contributed by atoms with Gasteiger partial charge >= 0.3 is 0 Å². The van der Waals surface area contributed by atoms with Crippen molar-refractivity contribution in [2.75, 3.05) is 11.1 Å².